The van der Waals surface area contributed by atoms with Crippen molar-refractivity contribution in [3.05, 3.63) is 53.9 Å². The molecule has 2 aromatic heterocycles. The average molecular weight is 268 g/mol. The van der Waals surface area contributed by atoms with Crippen LogP contribution in [-0.4, -0.2) is 31.1 Å². The average Bonchev–Trinajstić information content (AvgIpc) is 2.89. The molecule has 0 bridgehead atoms. The molecule has 1 N–H and O–H groups in total. The number of hydrogen-bond acceptors (Lipinski definition) is 4. The topological polar surface area (TPSA) is 80.9 Å². The molecule has 0 fully saturated rings. The fourth-order valence-electron chi connectivity index (χ4n) is 2.10. The molecule has 3 rings (SSSR count). The van der Waals surface area contributed by atoms with E-state index in [1.807, 2.05) is 24.3 Å². The molecule has 0 unspecified atom stereocenters. The SMILES string of the molecule is O=C(O)c1cccc2c1nnn2CCc1ccccn1. The van der Waals surface area contributed by atoms with Gasteiger partial charge in [-0.3, -0.25) is 4.98 Å². The summed E-state index contributed by atoms with van der Waals surface area (Å²) in [5.41, 5.74) is 2.28. The summed E-state index contributed by atoms with van der Waals surface area (Å²) < 4.78 is 1.70. The summed E-state index contributed by atoms with van der Waals surface area (Å²) in [5, 5.41) is 17.1. The molecule has 0 aliphatic rings. The van der Waals surface area contributed by atoms with E-state index >= 15 is 0 Å². The Balaban J connectivity index is 1.90. The van der Waals surface area contributed by atoms with Crippen molar-refractivity contribution < 1.29 is 9.90 Å². The van der Waals surface area contributed by atoms with Crippen molar-refractivity contribution in [3.8, 4) is 0 Å². The molecule has 100 valence electrons. The predicted octanol–water partition coefficient (Wildman–Crippen LogP) is 1.77. The van der Waals surface area contributed by atoms with Crippen molar-refractivity contribution in [1.82, 2.24) is 20.0 Å². The molecule has 0 aliphatic carbocycles. The number of aryl methyl sites for hydroxylation is 2. The Kier molecular flexibility index (Phi) is 3.12. The smallest absolute Gasteiger partial charge is 0.338 e. The first-order valence-corrected chi connectivity index (χ1v) is 6.21. The minimum atomic E-state index is -0.993. The van der Waals surface area contributed by atoms with Gasteiger partial charge in [0.25, 0.3) is 0 Å². The Morgan fingerprint density at radius 3 is 2.85 bits per heavy atom. The molecule has 3 aromatic rings. The molecule has 2 heterocycles. The number of fused-ring (bicyclic) bond motifs is 1. The van der Waals surface area contributed by atoms with Gasteiger partial charge >= 0.3 is 5.97 Å². The summed E-state index contributed by atoms with van der Waals surface area (Å²) in [6, 6.07) is 10.8. The molecular weight excluding hydrogens is 256 g/mol. The zero-order valence-electron chi connectivity index (χ0n) is 10.6. The highest BCUT2D eigenvalue weighted by atomic mass is 16.4. The summed E-state index contributed by atoms with van der Waals surface area (Å²) in [6.45, 7) is 0.608. The first kappa shape index (κ1) is 12.3. The molecule has 0 radical (unpaired) electrons. The van der Waals surface area contributed by atoms with Crippen molar-refractivity contribution in [1.29, 1.82) is 0 Å². The van der Waals surface area contributed by atoms with E-state index in [4.69, 9.17) is 5.11 Å². The van der Waals surface area contributed by atoms with Crippen LogP contribution in [0.3, 0.4) is 0 Å². The van der Waals surface area contributed by atoms with Crippen molar-refractivity contribution in [2.75, 3.05) is 0 Å². The minimum Gasteiger partial charge on any atom is -0.478 e. The van der Waals surface area contributed by atoms with Crippen LogP contribution < -0.4 is 0 Å². The van der Waals surface area contributed by atoms with Crippen molar-refractivity contribution in [3.63, 3.8) is 0 Å². The van der Waals surface area contributed by atoms with E-state index < -0.39 is 5.97 Å². The van der Waals surface area contributed by atoms with Crippen LogP contribution in [0.1, 0.15) is 16.1 Å². The number of hydrogen-bond donors (Lipinski definition) is 1. The van der Waals surface area contributed by atoms with Gasteiger partial charge in [0.05, 0.1) is 11.1 Å². The molecule has 20 heavy (non-hydrogen) atoms. The monoisotopic (exact) mass is 268 g/mol. The summed E-state index contributed by atoms with van der Waals surface area (Å²) in [5.74, 6) is -0.993. The van der Waals surface area contributed by atoms with Gasteiger partial charge < -0.3 is 5.11 Å². The van der Waals surface area contributed by atoms with Crippen LogP contribution in [0.4, 0.5) is 0 Å². The lowest BCUT2D eigenvalue weighted by Crippen LogP contribution is -2.04. The maximum atomic E-state index is 11.1. The van der Waals surface area contributed by atoms with E-state index in [1.54, 1.807) is 16.9 Å². The lowest BCUT2D eigenvalue weighted by molar-refractivity contribution is 0.0699. The van der Waals surface area contributed by atoms with E-state index in [0.717, 1.165) is 17.6 Å². The van der Waals surface area contributed by atoms with Gasteiger partial charge in [0.1, 0.15) is 5.52 Å². The van der Waals surface area contributed by atoms with Crippen LogP contribution in [0.5, 0.6) is 0 Å². The van der Waals surface area contributed by atoms with Crippen LogP contribution in [0.15, 0.2) is 42.6 Å². The first-order chi connectivity index (χ1) is 9.75. The predicted molar refractivity (Wildman–Crippen MR) is 72.4 cm³/mol. The zero-order chi connectivity index (χ0) is 13.9. The maximum absolute atomic E-state index is 11.1. The third kappa shape index (κ3) is 2.23. The lowest BCUT2D eigenvalue weighted by atomic mass is 10.2. The zero-order valence-corrected chi connectivity index (χ0v) is 10.6. The number of pyridine rings is 1. The Morgan fingerprint density at radius 1 is 1.20 bits per heavy atom. The van der Waals surface area contributed by atoms with E-state index in [1.165, 1.54) is 6.07 Å². The molecular formula is C14H12N4O2. The normalized spacial score (nSPS) is 10.8. The number of carboxylic acid groups (broad SMARTS) is 1. The number of aromatic nitrogens is 4. The van der Waals surface area contributed by atoms with Crippen molar-refractivity contribution in [2.45, 2.75) is 13.0 Å². The molecule has 0 amide bonds. The second-order valence-electron chi connectivity index (χ2n) is 4.36. The standard InChI is InChI=1S/C14H12N4O2/c19-14(20)11-5-3-6-12-13(11)16-17-18(12)9-7-10-4-1-2-8-15-10/h1-6,8H,7,9H2,(H,19,20). The minimum absolute atomic E-state index is 0.173. The third-order valence-corrected chi connectivity index (χ3v) is 3.08. The first-order valence-electron chi connectivity index (χ1n) is 6.21. The molecule has 0 aliphatic heterocycles. The Morgan fingerprint density at radius 2 is 2.10 bits per heavy atom. The molecule has 0 spiro atoms. The number of carbonyl (C=O) groups is 1. The molecule has 0 saturated carbocycles. The number of nitrogens with zero attached hydrogens (tertiary/aromatic N) is 4. The number of aromatic carboxylic acids is 1. The third-order valence-electron chi connectivity index (χ3n) is 3.08. The summed E-state index contributed by atoms with van der Waals surface area (Å²) in [4.78, 5) is 15.4. The van der Waals surface area contributed by atoms with Gasteiger partial charge in [-0.15, -0.1) is 5.10 Å². The van der Waals surface area contributed by atoms with Gasteiger partial charge in [-0.1, -0.05) is 17.3 Å². The molecule has 0 atom stereocenters. The van der Waals surface area contributed by atoms with E-state index in [2.05, 4.69) is 15.3 Å². The molecule has 0 saturated heterocycles. The van der Waals surface area contributed by atoms with Gasteiger partial charge in [-0.05, 0) is 24.3 Å². The van der Waals surface area contributed by atoms with Gasteiger partial charge in [0.2, 0.25) is 0 Å². The lowest BCUT2D eigenvalue weighted by Gasteiger charge is -2.02. The van der Waals surface area contributed by atoms with Gasteiger partial charge in [-0.25, -0.2) is 9.48 Å². The summed E-state index contributed by atoms with van der Waals surface area (Å²) in [6.07, 6.45) is 2.47. The summed E-state index contributed by atoms with van der Waals surface area (Å²) in [7, 11) is 0. The number of carboxylic acids is 1. The quantitative estimate of drug-likeness (QED) is 0.779. The second-order valence-corrected chi connectivity index (χ2v) is 4.36. The van der Waals surface area contributed by atoms with Crippen LogP contribution in [0.2, 0.25) is 0 Å². The Hall–Kier alpha value is -2.76. The van der Waals surface area contributed by atoms with Gasteiger partial charge in [-0.2, -0.15) is 0 Å². The van der Waals surface area contributed by atoms with Gasteiger partial charge in [0, 0.05) is 24.9 Å². The van der Waals surface area contributed by atoms with E-state index in [9.17, 15) is 4.79 Å². The van der Waals surface area contributed by atoms with E-state index in [0.29, 0.717) is 12.1 Å². The number of benzene rings is 1. The highest BCUT2D eigenvalue weighted by Crippen LogP contribution is 2.16. The maximum Gasteiger partial charge on any atom is 0.338 e. The van der Waals surface area contributed by atoms with Crippen LogP contribution >= 0.6 is 0 Å². The fourth-order valence-corrected chi connectivity index (χ4v) is 2.10. The molecule has 1 aromatic carbocycles. The van der Waals surface area contributed by atoms with Crippen LogP contribution in [0, 0.1) is 0 Å². The Bertz CT molecular complexity index is 752. The molecule has 6 nitrogen and oxygen atoms in total. The Labute approximate surface area is 114 Å². The van der Waals surface area contributed by atoms with Crippen molar-refractivity contribution in [2.24, 2.45) is 0 Å². The highest BCUT2D eigenvalue weighted by Gasteiger charge is 2.13. The van der Waals surface area contributed by atoms with Crippen LogP contribution in [0.25, 0.3) is 11.0 Å². The van der Waals surface area contributed by atoms with Gasteiger partial charge in [0.15, 0.2) is 0 Å². The molecule has 6 heteroatoms. The largest absolute Gasteiger partial charge is 0.478 e. The number of rotatable bonds is 4. The summed E-state index contributed by atoms with van der Waals surface area (Å²) >= 11 is 0. The van der Waals surface area contributed by atoms with Crippen LogP contribution in [-0.2, 0) is 13.0 Å². The second kappa shape index (κ2) is 5.08. The van der Waals surface area contributed by atoms with Crippen molar-refractivity contribution >= 4 is 17.0 Å². The van der Waals surface area contributed by atoms with E-state index in [-0.39, 0.29) is 5.56 Å². The fraction of sp³-hybridized carbons (Fsp3) is 0.143. The highest BCUT2D eigenvalue weighted by molar-refractivity contribution is 6.00.